The van der Waals surface area contributed by atoms with Gasteiger partial charge in [0.1, 0.15) is 23.4 Å². The Hall–Kier alpha value is -3.09. The van der Waals surface area contributed by atoms with Gasteiger partial charge in [-0.25, -0.2) is 0 Å². The van der Waals surface area contributed by atoms with Gasteiger partial charge in [-0.3, -0.25) is 9.36 Å². The van der Waals surface area contributed by atoms with E-state index in [-0.39, 0.29) is 23.7 Å². The van der Waals surface area contributed by atoms with Crippen molar-refractivity contribution in [2.24, 2.45) is 11.3 Å². The summed E-state index contributed by atoms with van der Waals surface area (Å²) in [5.41, 5.74) is 3.13. The molecule has 3 aromatic rings. The van der Waals surface area contributed by atoms with E-state index in [0.717, 1.165) is 42.6 Å². The number of benzene rings is 1. The van der Waals surface area contributed by atoms with E-state index in [4.69, 9.17) is 4.74 Å². The van der Waals surface area contributed by atoms with Crippen LogP contribution >= 0.6 is 23.1 Å². The quantitative estimate of drug-likeness (QED) is 0.215. The zero-order chi connectivity index (χ0) is 27.3. The Morgan fingerprint density at radius 2 is 2.24 bits per heavy atom. The van der Waals surface area contributed by atoms with Gasteiger partial charge in [0, 0.05) is 11.4 Å². The molecule has 0 aliphatic heterocycles. The van der Waals surface area contributed by atoms with Crippen LogP contribution in [0.25, 0.3) is 0 Å². The molecule has 0 bridgehead atoms. The SMILES string of the molecule is C=CCn1c(COc2cccc(C)c2)nnc1SCC(=O)Nc1sc2c(c1C#N)CCC(C(C)(C)CC)C2. The number of carbonyl (C=O) groups excluding carboxylic acids is 1. The van der Waals surface area contributed by atoms with Gasteiger partial charge in [0.15, 0.2) is 11.0 Å². The van der Waals surface area contributed by atoms with Crippen LogP contribution in [0, 0.1) is 29.6 Å². The number of aromatic nitrogens is 3. The Morgan fingerprint density at radius 1 is 1.42 bits per heavy atom. The number of amides is 1. The zero-order valence-corrected chi connectivity index (χ0v) is 24.2. The van der Waals surface area contributed by atoms with Crippen LogP contribution in [-0.2, 0) is 30.8 Å². The third-order valence-electron chi connectivity index (χ3n) is 7.44. The van der Waals surface area contributed by atoms with Crippen LogP contribution in [0.2, 0.25) is 0 Å². The van der Waals surface area contributed by atoms with Crippen molar-refractivity contribution in [3.05, 3.63) is 64.3 Å². The van der Waals surface area contributed by atoms with Crippen molar-refractivity contribution in [1.29, 1.82) is 5.26 Å². The predicted octanol–water partition coefficient (Wildman–Crippen LogP) is 6.56. The second-order valence-corrected chi connectivity index (χ2v) is 12.4. The van der Waals surface area contributed by atoms with Crippen molar-refractivity contribution in [2.45, 2.75) is 71.7 Å². The van der Waals surface area contributed by atoms with Crippen LogP contribution in [0.3, 0.4) is 0 Å². The minimum absolute atomic E-state index is 0.160. The molecular formula is C29H35N5O2S2. The maximum absolute atomic E-state index is 12.9. The van der Waals surface area contributed by atoms with Gasteiger partial charge in [0.2, 0.25) is 5.91 Å². The third kappa shape index (κ3) is 6.30. The summed E-state index contributed by atoms with van der Waals surface area (Å²) in [6, 6.07) is 10.2. The number of carbonyl (C=O) groups is 1. The van der Waals surface area contributed by atoms with E-state index in [9.17, 15) is 10.1 Å². The molecule has 0 fully saturated rings. The highest BCUT2D eigenvalue weighted by Gasteiger charge is 2.34. The highest BCUT2D eigenvalue weighted by atomic mass is 32.2. The highest BCUT2D eigenvalue weighted by molar-refractivity contribution is 7.99. The minimum atomic E-state index is -0.166. The average Bonchev–Trinajstić information content (AvgIpc) is 3.45. The molecule has 200 valence electrons. The van der Waals surface area contributed by atoms with E-state index < -0.39 is 0 Å². The van der Waals surface area contributed by atoms with Gasteiger partial charge in [-0.2, -0.15) is 5.26 Å². The van der Waals surface area contributed by atoms with Gasteiger partial charge in [0.05, 0.1) is 11.3 Å². The second-order valence-electron chi connectivity index (χ2n) is 10.3. The molecule has 38 heavy (non-hydrogen) atoms. The first-order valence-electron chi connectivity index (χ1n) is 13.0. The molecule has 1 unspecified atom stereocenters. The van der Waals surface area contributed by atoms with Crippen molar-refractivity contribution in [3.63, 3.8) is 0 Å². The fourth-order valence-electron chi connectivity index (χ4n) is 4.74. The first kappa shape index (κ1) is 27.9. The maximum Gasteiger partial charge on any atom is 0.235 e. The molecule has 1 aliphatic rings. The van der Waals surface area contributed by atoms with Crippen LogP contribution in [-0.4, -0.2) is 26.4 Å². The number of fused-ring (bicyclic) bond motifs is 1. The summed E-state index contributed by atoms with van der Waals surface area (Å²) in [7, 11) is 0. The molecule has 4 rings (SSSR count). The number of nitrogens with one attached hydrogen (secondary N) is 1. The summed E-state index contributed by atoms with van der Waals surface area (Å²) >= 11 is 2.87. The van der Waals surface area contributed by atoms with Gasteiger partial charge in [-0.05, 0) is 60.8 Å². The zero-order valence-electron chi connectivity index (χ0n) is 22.5. The van der Waals surface area contributed by atoms with Gasteiger partial charge >= 0.3 is 0 Å². The Morgan fingerprint density at radius 3 is 2.95 bits per heavy atom. The number of anilines is 1. The first-order valence-corrected chi connectivity index (χ1v) is 14.8. The first-order chi connectivity index (χ1) is 18.2. The van der Waals surface area contributed by atoms with E-state index >= 15 is 0 Å². The largest absolute Gasteiger partial charge is 0.486 e. The van der Waals surface area contributed by atoms with Crippen LogP contribution in [0.5, 0.6) is 5.75 Å². The number of nitriles is 1. The average molecular weight is 550 g/mol. The molecule has 1 aliphatic carbocycles. The molecule has 0 saturated carbocycles. The number of ether oxygens (including phenoxy) is 1. The summed E-state index contributed by atoms with van der Waals surface area (Å²) in [5, 5.41) is 22.7. The smallest absolute Gasteiger partial charge is 0.235 e. The number of hydrogen-bond donors (Lipinski definition) is 1. The third-order valence-corrected chi connectivity index (χ3v) is 9.58. The number of hydrogen-bond acceptors (Lipinski definition) is 7. The Kier molecular flexibility index (Phi) is 8.95. The number of thioether (sulfide) groups is 1. The summed E-state index contributed by atoms with van der Waals surface area (Å²) in [5.74, 6) is 2.01. The molecule has 1 N–H and O–H groups in total. The van der Waals surface area contributed by atoms with E-state index in [0.29, 0.717) is 34.0 Å². The lowest BCUT2D eigenvalue weighted by molar-refractivity contribution is -0.113. The fraction of sp³-hybridized carbons (Fsp3) is 0.448. The van der Waals surface area contributed by atoms with Gasteiger partial charge in [-0.1, -0.05) is 57.2 Å². The molecule has 0 spiro atoms. The fourth-order valence-corrected chi connectivity index (χ4v) is 6.80. The summed E-state index contributed by atoms with van der Waals surface area (Å²) in [4.78, 5) is 14.2. The number of aryl methyl sites for hydroxylation is 1. The molecule has 1 atom stereocenters. The summed E-state index contributed by atoms with van der Waals surface area (Å²) in [6.07, 6.45) is 5.84. The van der Waals surface area contributed by atoms with Crippen molar-refractivity contribution >= 4 is 34.0 Å². The topological polar surface area (TPSA) is 92.8 Å². The molecule has 2 heterocycles. The molecule has 0 saturated heterocycles. The normalized spacial score (nSPS) is 15.0. The van der Waals surface area contributed by atoms with Gasteiger partial charge < -0.3 is 10.1 Å². The van der Waals surface area contributed by atoms with Crippen LogP contribution in [0.1, 0.15) is 61.0 Å². The lowest BCUT2D eigenvalue weighted by atomic mass is 9.69. The van der Waals surface area contributed by atoms with Crippen LogP contribution in [0.4, 0.5) is 5.00 Å². The van der Waals surface area contributed by atoms with Crippen LogP contribution < -0.4 is 10.1 Å². The Labute approximate surface area is 233 Å². The molecule has 0 radical (unpaired) electrons. The highest BCUT2D eigenvalue weighted by Crippen LogP contribution is 2.45. The van der Waals surface area contributed by atoms with Crippen molar-refractivity contribution in [1.82, 2.24) is 14.8 Å². The number of rotatable bonds is 11. The second kappa shape index (κ2) is 12.2. The van der Waals surface area contributed by atoms with E-state index in [1.54, 1.807) is 17.4 Å². The van der Waals surface area contributed by atoms with E-state index in [2.05, 4.69) is 48.9 Å². The predicted molar refractivity (Wildman–Crippen MR) is 154 cm³/mol. The van der Waals surface area contributed by atoms with Crippen LogP contribution in [0.15, 0.2) is 42.1 Å². The van der Waals surface area contributed by atoms with Gasteiger partial charge in [0.25, 0.3) is 0 Å². The standard InChI is InChI=1S/C29H35N5O2S2/c1-6-13-34-25(17-36-21-10-8-9-19(3)14-21)32-33-28(34)37-18-26(35)31-27-23(16-30)22-12-11-20(15-24(22)38-27)29(4,5)7-2/h6,8-10,14,20H,1,7,11-13,15,17-18H2,2-5H3,(H,31,35). The lowest BCUT2D eigenvalue weighted by Crippen LogP contribution is -2.28. The molecular weight excluding hydrogens is 514 g/mol. The number of allylic oxidation sites excluding steroid dienone is 1. The Balaban J connectivity index is 1.40. The number of nitrogens with zero attached hydrogens (tertiary/aromatic N) is 4. The molecule has 2 aromatic heterocycles. The minimum Gasteiger partial charge on any atom is -0.486 e. The van der Waals surface area contributed by atoms with E-state index in [1.165, 1.54) is 16.6 Å². The maximum atomic E-state index is 12.9. The number of thiophene rings is 1. The van der Waals surface area contributed by atoms with Crippen molar-refractivity contribution in [3.8, 4) is 11.8 Å². The lowest BCUT2D eigenvalue weighted by Gasteiger charge is -2.36. The van der Waals surface area contributed by atoms with Crippen molar-refractivity contribution in [2.75, 3.05) is 11.1 Å². The Bertz CT molecular complexity index is 1350. The monoisotopic (exact) mass is 549 g/mol. The van der Waals surface area contributed by atoms with E-state index in [1.807, 2.05) is 35.8 Å². The van der Waals surface area contributed by atoms with Gasteiger partial charge in [-0.15, -0.1) is 28.1 Å². The molecule has 1 aromatic carbocycles. The molecule has 1 amide bonds. The summed E-state index contributed by atoms with van der Waals surface area (Å²) < 4.78 is 7.81. The molecule has 7 nitrogen and oxygen atoms in total. The molecule has 9 heteroatoms. The summed E-state index contributed by atoms with van der Waals surface area (Å²) in [6.45, 7) is 13.5. The van der Waals surface area contributed by atoms with Crippen molar-refractivity contribution < 1.29 is 9.53 Å².